The van der Waals surface area contributed by atoms with Crippen molar-refractivity contribution in [3.8, 4) is 17.2 Å². The molecule has 164 valence electrons. The van der Waals surface area contributed by atoms with Gasteiger partial charge in [-0.25, -0.2) is 12.4 Å². The minimum atomic E-state index is -3.93. The predicted octanol–water partition coefficient (Wildman–Crippen LogP) is 4.58. The minimum Gasteiger partial charge on any atom is -0.492 e. The van der Waals surface area contributed by atoms with Crippen molar-refractivity contribution in [2.45, 2.75) is 31.1 Å². The highest BCUT2D eigenvalue weighted by Gasteiger charge is 2.30. The highest BCUT2D eigenvalue weighted by Crippen LogP contribution is 2.37. The molecule has 2 aromatic heterocycles. The molecule has 0 unspecified atom stereocenters. The fourth-order valence-electron chi connectivity index (χ4n) is 3.67. The van der Waals surface area contributed by atoms with Crippen molar-refractivity contribution in [3.05, 3.63) is 58.9 Å². The molecule has 3 aromatic rings. The van der Waals surface area contributed by atoms with Crippen LogP contribution >= 0.6 is 11.6 Å². The lowest BCUT2D eigenvalue weighted by Gasteiger charge is -2.25. The summed E-state index contributed by atoms with van der Waals surface area (Å²) in [4.78, 5) is 14.8. The number of likely N-dealkylation sites (tertiary alicyclic amines) is 1. The summed E-state index contributed by atoms with van der Waals surface area (Å²) < 4.78 is 38.8. The van der Waals surface area contributed by atoms with Gasteiger partial charge in [-0.3, -0.25) is 4.79 Å². The number of rotatable bonds is 5. The molecule has 1 aromatic carbocycles. The van der Waals surface area contributed by atoms with Gasteiger partial charge in [0, 0.05) is 25.4 Å². The molecule has 0 saturated carbocycles. The number of furan rings is 1. The Kier molecular flexibility index (Phi) is 5.85. The maximum absolute atomic E-state index is 13.3. The van der Waals surface area contributed by atoms with Crippen LogP contribution in [-0.4, -0.2) is 43.4 Å². The van der Waals surface area contributed by atoms with E-state index >= 15 is 0 Å². The summed E-state index contributed by atoms with van der Waals surface area (Å²) in [5.41, 5.74) is 1.08. The Morgan fingerprint density at radius 3 is 2.42 bits per heavy atom. The van der Waals surface area contributed by atoms with Crippen molar-refractivity contribution < 1.29 is 22.4 Å². The molecule has 0 aliphatic carbocycles. The number of aromatic nitrogens is 1. The van der Waals surface area contributed by atoms with Crippen molar-refractivity contribution in [1.82, 2.24) is 8.87 Å². The van der Waals surface area contributed by atoms with E-state index in [-0.39, 0.29) is 38.8 Å². The number of piperidine rings is 1. The summed E-state index contributed by atoms with van der Waals surface area (Å²) in [5.74, 6) is 0.138. The van der Waals surface area contributed by atoms with E-state index in [4.69, 9.17) is 20.8 Å². The number of carbonyl (C=O) groups excluding carboxylic acids is 1. The van der Waals surface area contributed by atoms with E-state index in [0.717, 1.165) is 28.8 Å². The lowest BCUT2D eigenvalue weighted by atomic mass is 10.1. The number of carbonyl (C=O) groups is 1. The SMILES string of the molecule is COc1cc(-c2c(Cl)ccn2S(=O)(=O)c2ccc(C)cc2)oc1C(=O)N1CCCCC1. The number of benzene rings is 1. The molecule has 0 N–H and O–H groups in total. The Hall–Kier alpha value is -2.71. The molecule has 3 heterocycles. The zero-order valence-corrected chi connectivity index (χ0v) is 18.9. The highest BCUT2D eigenvalue weighted by atomic mass is 35.5. The van der Waals surface area contributed by atoms with E-state index in [2.05, 4.69) is 0 Å². The number of nitrogens with zero attached hydrogens (tertiary/aromatic N) is 2. The number of hydrogen-bond acceptors (Lipinski definition) is 5. The zero-order chi connectivity index (χ0) is 22.2. The summed E-state index contributed by atoms with van der Waals surface area (Å²) in [5, 5.41) is 0.184. The number of methoxy groups -OCH3 is 1. The average molecular weight is 463 g/mol. The van der Waals surface area contributed by atoms with Gasteiger partial charge in [0.05, 0.1) is 17.0 Å². The third-order valence-electron chi connectivity index (χ3n) is 5.37. The minimum absolute atomic E-state index is 0.0379. The fourth-order valence-corrected chi connectivity index (χ4v) is 5.32. The van der Waals surface area contributed by atoms with Gasteiger partial charge in [0.1, 0.15) is 5.69 Å². The molecule has 9 heteroatoms. The normalized spacial score (nSPS) is 14.6. The first kappa shape index (κ1) is 21.5. The van der Waals surface area contributed by atoms with Gasteiger partial charge in [0.2, 0.25) is 5.76 Å². The van der Waals surface area contributed by atoms with E-state index < -0.39 is 10.0 Å². The number of halogens is 1. The molecule has 1 fully saturated rings. The van der Waals surface area contributed by atoms with Gasteiger partial charge in [-0.15, -0.1) is 0 Å². The first-order valence-electron chi connectivity index (χ1n) is 9.99. The maximum atomic E-state index is 13.3. The lowest BCUT2D eigenvalue weighted by Crippen LogP contribution is -2.35. The molecule has 7 nitrogen and oxygen atoms in total. The number of amides is 1. The maximum Gasteiger partial charge on any atom is 0.293 e. The third-order valence-corrected chi connectivity index (χ3v) is 7.36. The van der Waals surface area contributed by atoms with Crippen LogP contribution in [0.25, 0.3) is 11.5 Å². The van der Waals surface area contributed by atoms with Gasteiger partial charge < -0.3 is 14.1 Å². The van der Waals surface area contributed by atoms with Crippen molar-refractivity contribution in [1.29, 1.82) is 0 Å². The Morgan fingerprint density at radius 2 is 1.77 bits per heavy atom. The highest BCUT2D eigenvalue weighted by molar-refractivity contribution is 7.90. The average Bonchev–Trinajstić information content (AvgIpc) is 3.37. The van der Waals surface area contributed by atoms with Crippen LogP contribution in [0.4, 0.5) is 0 Å². The molecule has 1 amide bonds. The van der Waals surface area contributed by atoms with Gasteiger partial charge in [0.25, 0.3) is 15.9 Å². The van der Waals surface area contributed by atoms with Crippen LogP contribution in [0, 0.1) is 6.92 Å². The van der Waals surface area contributed by atoms with Crippen LogP contribution in [0.15, 0.2) is 51.9 Å². The van der Waals surface area contributed by atoms with E-state index in [1.807, 2.05) is 6.92 Å². The monoisotopic (exact) mass is 462 g/mol. The van der Waals surface area contributed by atoms with Crippen molar-refractivity contribution in [2.75, 3.05) is 20.2 Å². The smallest absolute Gasteiger partial charge is 0.293 e. The Balaban J connectivity index is 1.78. The van der Waals surface area contributed by atoms with Gasteiger partial charge in [-0.05, 0) is 44.4 Å². The molecular formula is C22H23ClN2O5S. The van der Waals surface area contributed by atoms with Crippen LogP contribution < -0.4 is 4.74 Å². The molecule has 1 aliphatic rings. The molecule has 0 bridgehead atoms. The topological polar surface area (TPSA) is 81.7 Å². The fraction of sp³-hybridized carbons (Fsp3) is 0.318. The molecule has 1 saturated heterocycles. The number of ether oxygens (including phenoxy) is 1. The standard InChI is InChI=1S/C22H23ClN2O5S/c1-15-6-8-16(9-7-15)31(27,28)25-13-10-17(23)20(25)18-14-19(29-2)21(30-18)22(26)24-11-4-3-5-12-24/h6-10,13-14H,3-5,11-12H2,1-2H3. The quantitative estimate of drug-likeness (QED) is 0.554. The second-order valence-electron chi connectivity index (χ2n) is 7.49. The summed E-state index contributed by atoms with van der Waals surface area (Å²) >= 11 is 6.35. The van der Waals surface area contributed by atoms with Gasteiger partial charge in [0.15, 0.2) is 11.5 Å². The summed E-state index contributed by atoms with van der Waals surface area (Å²) in [6, 6.07) is 9.50. The van der Waals surface area contributed by atoms with Crippen LogP contribution in [0.5, 0.6) is 5.75 Å². The summed E-state index contributed by atoms with van der Waals surface area (Å²) in [6.45, 7) is 3.18. The third kappa shape index (κ3) is 3.97. The molecule has 31 heavy (non-hydrogen) atoms. The van der Waals surface area contributed by atoms with Crippen LogP contribution in [-0.2, 0) is 10.0 Å². The van der Waals surface area contributed by atoms with Gasteiger partial charge in [-0.2, -0.15) is 0 Å². The number of hydrogen-bond donors (Lipinski definition) is 0. The lowest BCUT2D eigenvalue weighted by molar-refractivity contribution is 0.0688. The number of aryl methyl sites for hydroxylation is 1. The molecule has 4 rings (SSSR count). The summed E-state index contributed by atoms with van der Waals surface area (Å²) in [6.07, 6.45) is 4.33. The molecule has 1 aliphatic heterocycles. The van der Waals surface area contributed by atoms with E-state index in [0.29, 0.717) is 13.1 Å². The second-order valence-corrected chi connectivity index (χ2v) is 9.71. The molecule has 0 atom stereocenters. The van der Waals surface area contributed by atoms with Crippen molar-refractivity contribution in [3.63, 3.8) is 0 Å². The van der Waals surface area contributed by atoms with E-state index in [1.54, 1.807) is 17.0 Å². The Morgan fingerprint density at radius 1 is 1.10 bits per heavy atom. The second kappa shape index (κ2) is 8.43. The van der Waals surface area contributed by atoms with Crippen molar-refractivity contribution >= 4 is 27.5 Å². The van der Waals surface area contributed by atoms with Crippen LogP contribution in [0.2, 0.25) is 5.02 Å². The molecular weight excluding hydrogens is 440 g/mol. The Bertz CT molecular complexity index is 1210. The zero-order valence-electron chi connectivity index (χ0n) is 17.3. The molecule has 0 spiro atoms. The van der Waals surface area contributed by atoms with E-state index in [1.165, 1.54) is 37.6 Å². The largest absolute Gasteiger partial charge is 0.492 e. The summed E-state index contributed by atoms with van der Waals surface area (Å²) in [7, 11) is -2.49. The van der Waals surface area contributed by atoms with Crippen LogP contribution in [0.1, 0.15) is 35.4 Å². The predicted molar refractivity (Wildman–Crippen MR) is 117 cm³/mol. The van der Waals surface area contributed by atoms with Gasteiger partial charge in [-0.1, -0.05) is 29.3 Å². The van der Waals surface area contributed by atoms with E-state index in [9.17, 15) is 13.2 Å². The molecule has 0 radical (unpaired) electrons. The first-order chi connectivity index (χ1) is 14.8. The van der Waals surface area contributed by atoms with Crippen molar-refractivity contribution in [2.24, 2.45) is 0 Å². The van der Waals surface area contributed by atoms with Crippen LogP contribution in [0.3, 0.4) is 0 Å². The first-order valence-corrected chi connectivity index (χ1v) is 11.8. The van der Waals surface area contributed by atoms with Gasteiger partial charge >= 0.3 is 0 Å². The Labute approximate surface area is 186 Å².